The molecule has 1 fully saturated rings. The zero-order valence-electron chi connectivity index (χ0n) is 8.80. The van der Waals surface area contributed by atoms with E-state index in [1.165, 1.54) is 6.26 Å². The highest BCUT2D eigenvalue weighted by molar-refractivity contribution is 8.00. The molecule has 5 nitrogen and oxygen atoms in total. The van der Waals surface area contributed by atoms with Crippen molar-refractivity contribution in [2.24, 2.45) is 5.73 Å². The van der Waals surface area contributed by atoms with E-state index in [4.69, 9.17) is 5.73 Å². The lowest BCUT2D eigenvalue weighted by Crippen LogP contribution is -2.50. The highest BCUT2D eigenvalue weighted by Gasteiger charge is 2.31. The Labute approximate surface area is 94.9 Å². The lowest BCUT2D eigenvalue weighted by atomic mass is 10.3. The van der Waals surface area contributed by atoms with Gasteiger partial charge in [-0.15, -0.1) is 0 Å². The number of β-amino-alcohol motifs (C(OH)–C–C–N with tert-alkyl or cyclic N) is 1. The van der Waals surface area contributed by atoms with Crippen LogP contribution < -0.4 is 5.73 Å². The third-order valence-electron chi connectivity index (χ3n) is 2.40. The molecule has 0 aromatic carbocycles. The van der Waals surface area contributed by atoms with Crippen LogP contribution in [0, 0.1) is 0 Å². The van der Waals surface area contributed by atoms with E-state index in [0.29, 0.717) is 18.8 Å². The van der Waals surface area contributed by atoms with Crippen LogP contribution in [-0.4, -0.2) is 67.3 Å². The summed E-state index contributed by atoms with van der Waals surface area (Å²) in [4.78, 5) is 1.81. The van der Waals surface area contributed by atoms with Gasteiger partial charge in [-0.1, -0.05) is 0 Å². The second-order valence-corrected chi connectivity index (χ2v) is 7.10. The summed E-state index contributed by atoms with van der Waals surface area (Å²) >= 11 is 1.63. The van der Waals surface area contributed by atoms with Crippen molar-refractivity contribution in [3.8, 4) is 0 Å². The number of aliphatic hydroxyl groups excluding tert-OH is 1. The van der Waals surface area contributed by atoms with Crippen LogP contribution in [0.4, 0.5) is 0 Å². The van der Waals surface area contributed by atoms with Crippen molar-refractivity contribution in [2.45, 2.75) is 11.5 Å². The summed E-state index contributed by atoms with van der Waals surface area (Å²) in [6.45, 7) is 1.20. The molecule has 0 aromatic heterocycles. The van der Waals surface area contributed by atoms with Gasteiger partial charge in [0.15, 0.2) is 9.84 Å². The van der Waals surface area contributed by atoms with E-state index >= 15 is 0 Å². The van der Waals surface area contributed by atoms with Crippen LogP contribution in [0.15, 0.2) is 0 Å². The fourth-order valence-corrected chi connectivity index (χ4v) is 4.52. The van der Waals surface area contributed by atoms with E-state index in [1.54, 1.807) is 11.8 Å². The summed E-state index contributed by atoms with van der Waals surface area (Å²) in [6, 6.07) is 0. The molecule has 0 saturated carbocycles. The summed E-state index contributed by atoms with van der Waals surface area (Å²) in [5, 5.41) is 8.95. The van der Waals surface area contributed by atoms with Crippen molar-refractivity contribution < 1.29 is 13.5 Å². The average Bonchev–Trinajstić information content (AvgIpc) is 2.17. The van der Waals surface area contributed by atoms with Gasteiger partial charge in [0.05, 0.1) is 6.10 Å². The highest BCUT2D eigenvalue weighted by atomic mass is 32.2. The van der Waals surface area contributed by atoms with Gasteiger partial charge in [0.25, 0.3) is 0 Å². The number of sulfone groups is 1. The Balaban J connectivity index is 2.66. The molecule has 0 radical (unpaired) electrons. The lowest BCUT2D eigenvalue weighted by Gasteiger charge is -2.34. The number of aliphatic hydroxyl groups is 1. The molecule has 2 atom stereocenters. The van der Waals surface area contributed by atoms with Gasteiger partial charge in [0, 0.05) is 37.4 Å². The van der Waals surface area contributed by atoms with Crippen LogP contribution in [0.5, 0.6) is 0 Å². The molecule has 1 aliphatic heterocycles. The Bertz CT molecular complexity index is 294. The molecular formula is C8H18N2O3S2. The van der Waals surface area contributed by atoms with E-state index in [2.05, 4.69) is 0 Å². The van der Waals surface area contributed by atoms with Crippen LogP contribution in [0.2, 0.25) is 0 Å². The molecule has 1 heterocycles. The number of nitrogens with zero attached hydrogens (tertiary/aromatic N) is 1. The zero-order chi connectivity index (χ0) is 11.5. The van der Waals surface area contributed by atoms with Gasteiger partial charge in [0.1, 0.15) is 5.37 Å². The van der Waals surface area contributed by atoms with Gasteiger partial charge >= 0.3 is 0 Å². The summed E-state index contributed by atoms with van der Waals surface area (Å²) in [5.74, 6) is 1.49. The van der Waals surface area contributed by atoms with Gasteiger partial charge in [0.2, 0.25) is 0 Å². The Kier molecular flexibility index (Phi) is 4.85. The van der Waals surface area contributed by atoms with E-state index in [0.717, 1.165) is 5.75 Å². The quantitative estimate of drug-likeness (QED) is 0.650. The van der Waals surface area contributed by atoms with Crippen molar-refractivity contribution in [1.29, 1.82) is 0 Å². The first-order valence-corrected chi connectivity index (χ1v) is 7.95. The monoisotopic (exact) mass is 254 g/mol. The first kappa shape index (κ1) is 13.2. The van der Waals surface area contributed by atoms with E-state index < -0.39 is 21.3 Å². The Hall–Kier alpha value is 0.180. The molecule has 7 heteroatoms. The Morgan fingerprint density at radius 1 is 1.67 bits per heavy atom. The molecule has 15 heavy (non-hydrogen) atoms. The molecule has 0 amide bonds. The maximum atomic E-state index is 11.5. The fourth-order valence-electron chi connectivity index (χ4n) is 1.56. The third kappa shape index (κ3) is 3.92. The Morgan fingerprint density at radius 3 is 2.87 bits per heavy atom. The largest absolute Gasteiger partial charge is 0.390 e. The molecule has 1 saturated heterocycles. The summed E-state index contributed by atoms with van der Waals surface area (Å²) in [7, 11) is -3.08. The smallest absolute Gasteiger partial charge is 0.164 e. The SMILES string of the molecule is CS(=O)(=O)C1CSCCN1CC(O)CN. The van der Waals surface area contributed by atoms with Crippen LogP contribution in [0.25, 0.3) is 0 Å². The predicted octanol–water partition coefficient (Wildman–Crippen LogP) is -1.27. The number of hydrogen-bond acceptors (Lipinski definition) is 6. The second-order valence-electron chi connectivity index (χ2n) is 3.74. The van der Waals surface area contributed by atoms with Crippen molar-refractivity contribution in [3.63, 3.8) is 0 Å². The second kappa shape index (κ2) is 5.49. The van der Waals surface area contributed by atoms with Crippen molar-refractivity contribution in [3.05, 3.63) is 0 Å². The standard InChI is InChI=1S/C8H18N2O3S2/c1-15(12,13)8-6-14-3-2-10(8)5-7(11)4-9/h7-8,11H,2-6,9H2,1H3. The van der Waals surface area contributed by atoms with E-state index in [-0.39, 0.29) is 6.54 Å². The van der Waals surface area contributed by atoms with E-state index in [9.17, 15) is 13.5 Å². The van der Waals surface area contributed by atoms with Crippen molar-refractivity contribution >= 4 is 21.6 Å². The average molecular weight is 254 g/mol. The van der Waals surface area contributed by atoms with Gasteiger partial charge in [-0.25, -0.2) is 8.42 Å². The van der Waals surface area contributed by atoms with Crippen molar-refractivity contribution in [2.75, 3.05) is 37.4 Å². The minimum atomic E-state index is -3.08. The highest BCUT2D eigenvalue weighted by Crippen LogP contribution is 2.20. The molecule has 0 aliphatic carbocycles. The topological polar surface area (TPSA) is 83.6 Å². The van der Waals surface area contributed by atoms with Gasteiger partial charge in [-0.2, -0.15) is 11.8 Å². The molecule has 1 rings (SSSR count). The maximum Gasteiger partial charge on any atom is 0.164 e. The molecule has 2 unspecified atom stereocenters. The maximum absolute atomic E-state index is 11.5. The summed E-state index contributed by atoms with van der Waals surface area (Å²) in [6.07, 6.45) is 0.600. The number of hydrogen-bond donors (Lipinski definition) is 2. The number of rotatable bonds is 4. The van der Waals surface area contributed by atoms with Crippen LogP contribution in [0.1, 0.15) is 0 Å². The molecular weight excluding hydrogens is 236 g/mol. The van der Waals surface area contributed by atoms with E-state index in [1.807, 2.05) is 4.90 Å². The number of nitrogens with two attached hydrogens (primary N) is 1. The van der Waals surface area contributed by atoms with Crippen LogP contribution >= 0.6 is 11.8 Å². The van der Waals surface area contributed by atoms with Gasteiger partial charge < -0.3 is 10.8 Å². The lowest BCUT2D eigenvalue weighted by molar-refractivity contribution is 0.116. The predicted molar refractivity (Wildman–Crippen MR) is 62.6 cm³/mol. The molecule has 0 bridgehead atoms. The molecule has 0 spiro atoms. The Morgan fingerprint density at radius 2 is 2.33 bits per heavy atom. The van der Waals surface area contributed by atoms with Crippen molar-refractivity contribution in [1.82, 2.24) is 4.90 Å². The minimum Gasteiger partial charge on any atom is -0.390 e. The molecule has 1 aliphatic rings. The van der Waals surface area contributed by atoms with Gasteiger partial charge in [-0.3, -0.25) is 4.90 Å². The summed E-state index contributed by atoms with van der Waals surface area (Å²) in [5.41, 5.74) is 5.31. The first-order chi connectivity index (χ1) is 6.95. The molecule has 0 aromatic rings. The van der Waals surface area contributed by atoms with Crippen LogP contribution in [-0.2, 0) is 9.84 Å². The minimum absolute atomic E-state index is 0.167. The normalized spacial score (nSPS) is 26.5. The fraction of sp³-hybridized carbons (Fsp3) is 1.00. The summed E-state index contributed by atoms with van der Waals surface area (Å²) < 4.78 is 23.0. The third-order valence-corrected chi connectivity index (χ3v) is 5.09. The molecule has 90 valence electrons. The molecule has 3 N–H and O–H groups in total. The van der Waals surface area contributed by atoms with Crippen LogP contribution in [0.3, 0.4) is 0 Å². The van der Waals surface area contributed by atoms with Gasteiger partial charge in [-0.05, 0) is 0 Å². The first-order valence-electron chi connectivity index (χ1n) is 4.84. The number of thioether (sulfide) groups is 1. The zero-order valence-corrected chi connectivity index (χ0v) is 10.4.